The minimum atomic E-state index is -0.379. The molecule has 7 heteroatoms. The lowest BCUT2D eigenvalue weighted by Gasteiger charge is -2.15. The lowest BCUT2D eigenvalue weighted by molar-refractivity contribution is 0.393. The molecule has 4 rings (SSSR count). The quantitative estimate of drug-likeness (QED) is 0.462. The minimum absolute atomic E-state index is 0.250. The maximum absolute atomic E-state index is 13.4. The number of hydrogen-bond donors (Lipinski definition) is 0. The van der Waals surface area contributed by atoms with Crippen molar-refractivity contribution in [3.63, 3.8) is 0 Å². The molecule has 0 N–H and O–H groups in total. The Balaban J connectivity index is 1.81. The molecule has 2 aromatic carbocycles. The molecule has 0 bridgehead atoms. The second-order valence-corrected chi connectivity index (χ2v) is 7.15. The molecule has 0 radical (unpaired) electrons. The summed E-state index contributed by atoms with van der Waals surface area (Å²) in [6, 6.07) is 18.7. The molecule has 0 aliphatic rings. The first-order valence-corrected chi connectivity index (χ1v) is 9.95. The van der Waals surface area contributed by atoms with Gasteiger partial charge in [-0.1, -0.05) is 30.3 Å². The third-order valence-electron chi connectivity index (χ3n) is 5.21. The number of fused-ring (bicyclic) bond motifs is 1. The second-order valence-electron chi connectivity index (χ2n) is 7.15. The maximum Gasteiger partial charge on any atom is 0.331 e. The smallest absolute Gasteiger partial charge is 0.331 e. The molecule has 2 aromatic heterocycles. The molecular formula is C24H23N3O4. The van der Waals surface area contributed by atoms with Crippen molar-refractivity contribution < 1.29 is 9.47 Å². The second kappa shape index (κ2) is 8.87. The third-order valence-corrected chi connectivity index (χ3v) is 5.21. The lowest BCUT2D eigenvalue weighted by atomic mass is 10.1. The number of hydrogen-bond acceptors (Lipinski definition) is 5. The number of aryl methyl sites for hydroxylation is 1. The van der Waals surface area contributed by atoms with Crippen molar-refractivity contribution in [3.05, 3.63) is 98.8 Å². The van der Waals surface area contributed by atoms with Gasteiger partial charge in [0.05, 0.1) is 26.3 Å². The Morgan fingerprint density at radius 3 is 2.23 bits per heavy atom. The molecule has 2 heterocycles. The van der Waals surface area contributed by atoms with Crippen LogP contribution in [0.3, 0.4) is 0 Å². The first-order valence-electron chi connectivity index (χ1n) is 9.95. The van der Waals surface area contributed by atoms with E-state index in [9.17, 15) is 9.59 Å². The molecule has 0 saturated heterocycles. The summed E-state index contributed by atoms with van der Waals surface area (Å²) in [6.07, 6.45) is 2.13. The van der Waals surface area contributed by atoms with Gasteiger partial charge in [0.15, 0.2) is 5.52 Å². The average molecular weight is 417 g/mol. The molecule has 0 unspecified atom stereocenters. The van der Waals surface area contributed by atoms with Crippen molar-refractivity contribution in [2.45, 2.75) is 19.5 Å². The highest BCUT2D eigenvalue weighted by Crippen LogP contribution is 2.23. The predicted molar refractivity (Wildman–Crippen MR) is 119 cm³/mol. The summed E-state index contributed by atoms with van der Waals surface area (Å²) in [5, 5.41) is 0. The number of benzene rings is 2. The van der Waals surface area contributed by atoms with Gasteiger partial charge in [-0.05, 0) is 41.8 Å². The van der Waals surface area contributed by atoms with Crippen LogP contribution in [0, 0.1) is 0 Å². The van der Waals surface area contributed by atoms with Gasteiger partial charge in [-0.25, -0.2) is 9.78 Å². The lowest BCUT2D eigenvalue weighted by Crippen LogP contribution is -2.41. The van der Waals surface area contributed by atoms with E-state index >= 15 is 0 Å². The highest BCUT2D eigenvalue weighted by Gasteiger charge is 2.15. The average Bonchev–Trinajstić information content (AvgIpc) is 2.82. The Bertz CT molecular complexity index is 1300. The summed E-state index contributed by atoms with van der Waals surface area (Å²) in [6.45, 7) is 0.524. The monoisotopic (exact) mass is 417 g/mol. The van der Waals surface area contributed by atoms with E-state index in [-0.39, 0.29) is 29.9 Å². The van der Waals surface area contributed by atoms with Crippen LogP contribution in [0.4, 0.5) is 0 Å². The first-order chi connectivity index (χ1) is 15.1. The number of ether oxygens (including phenoxy) is 2. The zero-order valence-electron chi connectivity index (χ0n) is 17.4. The fourth-order valence-electron chi connectivity index (χ4n) is 3.62. The summed E-state index contributed by atoms with van der Waals surface area (Å²) >= 11 is 0. The standard InChI is InChI=1S/C24H23N3O4/c1-30-19-13-18(14-20(15-19)31-2)16-27-21-9-6-11-25-22(21)23(28)26(24(27)29)12-10-17-7-4-3-5-8-17/h3-9,11,13-15H,10,12,16H2,1-2H3. The highest BCUT2D eigenvalue weighted by atomic mass is 16.5. The summed E-state index contributed by atoms with van der Waals surface area (Å²) < 4.78 is 13.5. The Morgan fingerprint density at radius 2 is 1.55 bits per heavy atom. The molecular weight excluding hydrogens is 394 g/mol. The molecule has 0 aliphatic carbocycles. The van der Waals surface area contributed by atoms with Crippen LogP contribution < -0.4 is 20.7 Å². The minimum Gasteiger partial charge on any atom is -0.497 e. The molecule has 7 nitrogen and oxygen atoms in total. The molecule has 0 amide bonds. The number of nitrogens with zero attached hydrogens (tertiary/aromatic N) is 3. The molecule has 0 fully saturated rings. The van der Waals surface area contributed by atoms with Gasteiger partial charge in [-0.15, -0.1) is 0 Å². The summed E-state index contributed by atoms with van der Waals surface area (Å²) in [4.78, 5) is 30.7. The van der Waals surface area contributed by atoms with E-state index in [0.717, 1.165) is 11.1 Å². The molecule has 0 aliphatic heterocycles. The van der Waals surface area contributed by atoms with E-state index < -0.39 is 0 Å². The Labute approximate surface area is 179 Å². The van der Waals surface area contributed by atoms with Crippen LogP contribution in [-0.2, 0) is 19.5 Å². The number of rotatable bonds is 7. The molecule has 4 aromatic rings. The zero-order valence-corrected chi connectivity index (χ0v) is 17.4. The van der Waals surface area contributed by atoms with Gasteiger partial charge in [0.25, 0.3) is 5.56 Å². The Morgan fingerprint density at radius 1 is 0.839 bits per heavy atom. The molecule has 31 heavy (non-hydrogen) atoms. The largest absolute Gasteiger partial charge is 0.497 e. The van der Waals surface area contributed by atoms with Crippen LogP contribution in [0.25, 0.3) is 11.0 Å². The van der Waals surface area contributed by atoms with Gasteiger partial charge in [0.2, 0.25) is 0 Å². The van der Waals surface area contributed by atoms with E-state index in [4.69, 9.17) is 9.47 Å². The number of aromatic nitrogens is 3. The van der Waals surface area contributed by atoms with Crippen LogP contribution in [-0.4, -0.2) is 28.3 Å². The van der Waals surface area contributed by atoms with Crippen LogP contribution in [0.15, 0.2) is 76.4 Å². The van der Waals surface area contributed by atoms with Crippen LogP contribution in [0.5, 0.6) is 11.5 Å². The first kappa shape index (κ1) is 20.4. The van der Waals surface area contributed by atoms with Gasteiger partial charge in [0.1, 0.15) is 11.5 Å². The van der Waals surface area contributed by atoms with Crippen molar-refractivity contribution >= 4 is 11.0 Å². The van der Waals surface area contributed by atoms with E-state index in [1.54, 1.807) is 43.2 Å². The van der Waals surface area contributed by atoms with Crippen molar-refractivity contribution in [1.82, 2.24) is 14.1 Å². The van der Waals surface area contributed by atoms with Crippen molar-refractivity contribution in [2.75, 3.05) is 14.2 Å². The predicted octanol–water partition coefficient (Wildman–Crippen LogP) is 2.87. The van der Waals surface area contributed by atoms with Crippen LogP contribution in [0.1, 0.15) is 11.1 Å². The number of pyridine rings is 1. The van der Waals surface area contributed by atoms with E-state index in [1.165, 1.54) is 4.57 Å². The van der Waals surface area contributed by atoms with E-state index in [2.05, 4.69) is 4.98 Å². The fourth-order valence-corrected chi connectivity index (χ4v) is 3.62. The molecule has 0 spiro atoms. The van der Waals surface area contributed by atoms with Crippen molar-refractivity contribution in [3.8, 4) is 11.5 Å². The summed E-state index contributed by atoms with van der Waals surface area (Å²) in [7, 11) is 3.15. The fraction of sp³-hybridized carbons (Fsp3) is 0.208. The summed E-state index contributed by atoms with van der Waals surface area (Å²) in [5.41, 5.74) is 1.88. The Kier molecular flexibility index (Phi) is 5.84. The van der Waals surface area contributed by atoms with Crippen molar-refractivity contribution in [2.24, 2.45) is 0 Å². The zero-order chi connectivity index (χ0) is 21.8. The van der Waals surface area contributed by atoms with Gasteiger partial charge >= 0.3 is 5.69 Å². The SMILES string of the molecule is COc1cc(Cn2c(=O)n(CCc3ccccc3)c(=O)c3ncccc32)cc(OC)c1. The molecule has 0 saturated carbocycles. The number of methoxy groups -OCH3 is 2. The van der Waals surface area contributed by atoms with Crippen LogP contribution in [0.2, 0.25) is 0 Å². The van der Waals surface area contributed by atoms with Crippen LogP contribution >= 0.6 is 0 Å². The van der Waals surface area contributed by atoms with E-state index in [1.807, 2.05) is 42.5 Å². The molecule has 0 atom stereocenters. The van der Waals surface area contributed by atoms with Gasteiger partial charge < -0.3 is 9.47 Å². The maximum atomic E-state index is 13.4. The Hall–Kier alpha value is -3.87. The summed E-state index contributed by atoms with van der Waals surface area (Å²) in [5.74, 6) is 1.25. The highest BCUT2D eigenvalue weighted by molar-refractivity contribution is 5.73. The third kappa shape index (κ3) is 4.21. The van der Waals surface area contributed by atoms with Gasteiger partial charge in [-0.2, -0.15) is 0 Å². The van der Waals surface area contributed by atoms with E-state index in [0.29, 0.717) is 23.4 Å². The topological polar surface area (TPSA) is 75.4 Å². The van der Waals surface area contributed by atoms with Crippen molar-refractivity contribution in [1.29, 1.82) is 0 Å². The van der Waals surface area contributed by atoms with Gasteiger partial charge in [-0.3, -0.25) is 13.9 Å². The normalized spacial score (nSPS) is 10.9. The molecule has 158 valence electrons. The van der Waals surface area contributed by atoms with Gasteiger partial charge in [0, 0.05) is 18.8 Å².